The fourth-order valence-electron chi connectivity index (χ4n) is 2.08. The lowest BCUT2D eigenvalue weighted by Gasteiger charge is -2.19. The van der Waals surface area contributed by atoms with Crippen molar-refractivity contribution < 1.29 is 0 Å². The van der Waals surface area contributed by atoms with Crippen molar-refractivity contribution in [2.45, 2.75) is 47.2 Å². The van der Waals surface area contributed by atoms with Crippen molar-refractivity contribution in [2.24, 2.45) is 11.8 Å². The van der Waals surface area contributed by atoms with Crippen molar-refractivity contribution in [3.05, 3.63) is 21.9 Å². The number of thiophene rings is 1. The second kappa shape index (κ2) is 8.72. The summed E-state index contributed by atoms with van der Waals surface area (Å²) in [6.07, 6.45) is 1.26. The summed E-state index contributed by atoms with van der Waals surface area (Å²) in [5.74, 6) is 1.51. The normalized spacial score (nSPS) is 13.4. The molecule has 19 heavy (non-hydrogen) atoms. The Bertz CT molecular complexity index is 346. The van der Waals surface area contributed by atoms with Gasteiger partial charge in [0.25, 0.3) is 0 Å². The minimum Gasteiger partial charge on any atom is -0.312 e. The number of hydrogen-bond donors (Lipinski definition) is 1. The Kier molecular flexibility index (Phi) is 7.66. The lowest BCUT2D eigenvalue weighted by atomic mass is 10.1. The molecule has 2 nitrogen and oxygen atoms in total. The monoisotopic (exact) mass is 282 g/mol. The van der Waals surface area contributed by atoms with E-state index in [1.54, 1.807) is 0 Å². The highest BCUT2D eigenvalue weighted by molar-refractivity contribution is 7.11. The van der Waals surface area contributed by atoms with Crippen LogP contribution in [0, 0.1) is 11.8 Å². The fraction of sp³-hybridized carbons (Fsp3) is 0.750. The molecule has 0 fully saturated rings. The Balaban J connectivity index is 2.33. The zero-order chi connectivity index (χ0) is 14.3. The molecule has 0 bridgehead atoms. The van der Waals surface area contributed by atoms with Gasteiger partial charge in [0, 0.05) is 29.4 Å². The van der Waals surface area contributed by atoms with Gasteiger partial charge in [0.2, 0.25) is 0 Å². The van der Waals surface area contributed by atoms with E-state index >= 15 is 0 Å². The third-order valence-electron chi connectivity index (χ3n) is 3.32. The van der Waals surface area contributed by atoms with E-state index in [1.165, 1.54) is 22.7 Å². The van der Waals surface area contributed by atoms with Crippen molar-refractivity contribution in [3.63, 3.8) is 0 Å². The van der Waals surface area contributed by atoms with Gasteiger partial charge in [-0.15, -0.1) is 11.3 Å². The molecular formula is C16H30N2S. The fourth-order valence-corrected chi connectivity index (χ4v) is 3.15. The van der Waals surface area contributed by atoms with Crippen LogP contribution >= 0.6 is 11.3 Å². The van der Waals surface area contributed by atoms with Crippen LogP contribution in [0.4, 0.5) is 0 Å². The molecule has 0 amide bonds. The highest BCUT2D eigenvalue weighted by Gasteiger charge is 2.07. The Morgan fingerprint density at radius 2 is 1.89 bits per heavy atom. The maximum Gasteiger partial charge on any atom is 0.0325 e. The highest BCUT2D eigenvalue weighted by Crippen LogP contribution is 2.18. The molecule has 0 aromatic carbocycles. The van der Waals surface area contributed by atoms with Gasteiger partial charge >= 0.3 is 0 Å². The second-order valence-electron chi connectivity index (χ2n) is 6.10. The zero-order valence-corrected chi connectivity index (χ0v) is 14.0. The number of hydrogen-bond acceptors (Lipinski definition) is 3. The van der Waals surface area contributed by atoms with Gasteiger partial charge in [-0.2, -0.15) is 0 Å². The minimum atomic E-state index is 0.723. The van der Waals surface area contributed by atoms with Gasteiger partial charge in [0.15, 0.2) is 0 Å². The lowest BCUT2D eigenvalue weighted by Crippen LogP contribution is -2.23. The molecule has 1 N–H and O–H groups in total. The molecule has 110 valence electrons. The third kappa shape index (κ3) is 7.09. The molecule has 1 aromatic heterocycles. The minimum absolute atomic E-state index is 0.723. The number of rotatable bonds is 9. The summed E-state index contributed by atoms with van der Waals surface area (Å²) < 4.78 is 0. The summed E-state index contributed by atoms with van der Waals surface area (Å²) in [5, 5.41) is 3.51. The molecule has 1 heterocycles. The van der Waals surface area contributed by atoms with E-state index in [2.05, 4.69) is 57.1 Å². The molecular weight excluding hydrogens is 252 g/mol. The summed E-state index contributed by atoms with van der Waals surface area (Å²) in [7, 11) is 2.22. The van der Waals surface area contributed by atoms with Gasteiger partial charge in [-0.1, -0.05) is 34.1 Å². The van der Waals surface area contributed by atoms with E-state index in [4.69, 9.17) is 0 Å². The standard InChI is InChI=1S/C16H30N2S/c1-6-14(4)11-18(5)12-16-8-7-15(19-16)10-17-9-13(2)3/h7-8,13-14,17H,6,9-12H2,1-5H3. The maximum atomic E-state index is 3.51. The van der Waals surface area contributed by atoms with Crippen LogP contribution in [0.5, 0.6) is 0 Å². The van der Waals surface area contributed by atoms with Crippen LogP contribution in [0.2, 0.25) is 0 Å². The Morgan fingerprint density at radius 1 is 1.21 bits per heavy atom. The first kappa shape index (κ1) is 16.7. The highest BCUT2D eigenvalue weighted by atomic mass is 32.1. The van der Waals surface area contributed by atoms with Crippen molar-refractivity contribution >= 4 is 11.3 Å². The van der Waals surface area contributed by atoms with Crippen LogP contribution in [-0.4, -0.2) is 25.0 Å². The Morgan fingerprint density at radius 3 is 2.53 bits per heavy atom. The molecule has 1 aromatic rings. The van der Waals surface area contributed by atoms with Crippen molar-refractivity contribution in [2.75, 3.05) is 20.1 Å². The molecule has 1 atom stereocenters. The summed E-state index contributed by atoms with van der Waals surface area (Å²) in [4.78, 5) is 5.37. The van der Waals surface area contributed by atoms with E-state index in [1.807, 2.05) is 11.3 Å². The van der Waals surface area contributed by atoms with Crippen LogP contribution < -0.4 is 5.32 Å². The molecule has 0 spiro atoms. The summed E-state index contributed by atoms with van der Waals surface area (Å²) >= 11 is 1.94. The first-order chi connectivity index (χ1) is 9.01. The summed E-state index contributed by atoms with van der Waals surface area (Å²) in [6, 6.07) is 4.55. The number of nitrogens with one attached hydrogen (secondary N) is 1. The molecule has 0 saturated heterocycles. The predicted molar refractivity (Wildman–Crippen MR) is 86.7 cm³/mol. The van der Waals surface area contributed by atoms with Gasteiger partial charge in [-0.25, -0.2) is 0 Å². The van der Waals surface area contributed by atoms with Gasteiger partial charge in [0.1, 0.15) is 0 Å². The summed E-state index contributed by atoms with van der Waals surface area (Å²) in [6.45, 7) is 13.5. The van der Waals surface area contributed by atoms with Gasteiger partial charge in [-0.05, 0) is 37.6 Å². The maximum absolute atomic E-state index is 3.51. The van der Waals surface area contributed by atoms with Crippen LogP contribution in [0.1, 0.15) is 43.9 Å². The van der Waals surface area contributed by atoms with Crippen molar-refractivity contribution in [1.82, 2.24) is 10.2 Å². The molecule has 0 aliphatic carbocycles. The quantitative estimate of drug-likeness (QED) is 0.737. The molecule has 1 unspecified atom stereocenters. The number of nitrogens with zero attached hydrogens (tertiary/aromatic N) is 1. The van der Waals surface area contributed by atoms with E-state index < -0.39 is 0 Å². The zero-order valence-electron chi connectivity index (χ0n) is 13.2. The largest absolute Gasteiger partial charge is 0.312 e. The van der Waals surface area contributed by atoms with Crippen LogP contribution in [0.25, 0.3) is 0 Å². The average molecular weight is 282 g/mol. The van der Waals surface area contributed by atoms with E-state index in [0.717, 1.165) is 31.5 Å². The van der Waals surface area contributed by atoms with Crippen molar-refractivity contribution in [3.8, 4) is 0 Å². The molecule has 0 aliphatic rings. The van der Waals surface area contributed by atoms with Crippen LogP contribution in [0.15, 0.2) is 12.1 Å². The summed E-state index contributed by atoms with van der Waals surface area (Å²) in [5.41, 5.74) is 0. The molecule has 0 saturated carbocycles. The first-order valence-electron chi connectivity index (χ1n) is 7.48. The Labute approximate surface area is 123 Å². The molecule has 0 aliphatic heterocycles. The predicted octanol–water partition coefficient (Wildman–Crippen LogP) is 3.97. The first-order valence-corrected chi connectivity index (χ1v) is 8.29. The van der Waals surface area contributed by atoms with E-state index in [-0.39, 0.29) is 0 Å². The van der Waals surface area contributed by atoms with Gasteiger partial charge in [0.05, 0.1) is 0 Å². The van der Waals surface area contributed by atoms with E-state index in [9.17, 15) is 0 Å². The van der Waals surface area contributed by atoms with E-state index in [0.29, 0.717) is 0 Å². The molecule has 3 heteroatoms. The third-order valence-corrected chi connectivity index (χ3v) is 4.39. The van der Waals surface area contributed by atoms with Crippen LogP contribution in [0.3, 0.4) is 0 Å². The Hall–Kier alpha value is -0.380. The van der Waals surface area contributed by atoms with Gasteiger partial charge in [-0.3, -0.25) is 0 Å². The van der Waals surface area contributed by atoms with Crippen LogP contribution in [-0.2, 0) is 13.1 Å². The smallest absolute Gasteiger partial charge is 0.0325 e. The second-order valence-corrected chi connectivity index (χ2v) is 7.36. The van der Waals surface area contributed by atoms with Crippen molar-refractivity contribution in [1.29, 1.82) is 0 Å². The lowest BCUT2D eigenvalue weighted by molar-refractivity contribution is 0.277. The average Bonchev–Trinajstić information content (AvgIpc) is 2.75. The molecule has 1 rings (SSSR count). The topological polar surface area (TPSA) is 15.3 Å². The molecule has 0 radical (unpaired) electrons. The SMILES string of the molecule is CCC(C)CN(C)Cc1ccc(CNCC(C)C)s1. The van der Waals surface area contributed by atoms with Gasteiger partial charge < -0.3 is 10.2 Å².